The molecule has 0 spiro atoms. The van der Waals surface area contributed by atoms with Crippen LogP contribution in [0.25, 0.3) is 10.9 Å². The Kier molecular flexibility index (Phi) is 6.02. The first-order valence-electron chi connectivity index (χ1n) is 11.7. The summed E-state index contributed by atoms with van der Waals surface area (Å²) in [6.07, 6.45) is 1.98. The van der Waals surface area contributed by atoms with Crippen molar-refractivity contribution in [2.24, 2.45) is 0 Å². The Bertz CT molecular complexity index is 1550. The van der Waals surface area contributed by atoms with Crippen molar-refractivity contribution >= 4 is 20.7 Å². The van der Waals surface area contributed by atoms with Crippen LogP contribution in [0.1, 0.15) is 47.0 Å². The van der Waals surface area contributed by atoms with Gasteiger partial charge in [-0.3, -0.25) is 9.69 Å². The average molecular weight is 493 g/mol. The number of aryl methyl sites for hydroxylation is 3. The molecule has 1 aliphatic heterocycles. The molecular formula is C25H28N6O3S. The maximum atomic E-state index is 13.3. The molecular weight excluding hydrogens is 464 g/mol. The number of H-pyrrole nitrogens is 1. The van der Waals surface area contributed by atoms with Crippen molar-refractivity contribution in [2.45, 2.75) is 50.4 Å². The number of hydrogen-bond acceptors (Lipinski definition) is 7. The molecule has 1 saturated heterocycles. The van der Waals surface area contributed by atoms with E-state index >= 15 is 0 Å². The molecule has 2 aromatic carbocycles. The second-order valence-corrected chi connectivity index (χ2v) is 11.3. The Morgan fingerprint density at radius 1 is 1.00 bits per heavy atom. The van der Waals surface area contributed by atoms with Crippen LogP contribution in [-0.2, 0) is 15.7 Å². The summed E-state index contributed by atoms with van der Waals surface area (Å²) in [6.45, 7) is 7.44. The number of hydrogen-bond donors (Lipinski definition) is 1. The number of aromatic nitrogens is 5. The Balaban J connectivity index is 1.61. The van der Waals surface area contributed by atoms with Crippen molar-refractivity contribution in [3.63, 3.8) is 0 Å². The largest absolute Gasteiger partial charge is 0.321 e. The molecule has 0 saturated carbocycles. The normalized spacial score (nSPS) is 15.6. The molecule has 1 N–H and O–H groups in total. The van der Waals surface area contributed by atoms with Crippen molar-refractivity contribution in [1.82, 2.24) is 30.1 Å². The van der Waals surface area contributed by atoms with E-state index in [9.17, 15) is 13.2 Å². The van der Waals surface area contributed by atoms with Gasteiger partial charge in [-0.05, 0) is 92.3 Å². The summed E-state index contributed by atoms with van der Waals surface area (Å²) < 4.78 is 27.6. The number of likely N-dealkylation sites (tertiary alicyclic amines) is 1. The minimum atomic E-state index is -3.70. The molecule has 0 radical (unpaired) electrons. The number of rotatable bonds is 6. The molecule has 35 heavy (non-hydrogen) atoms. The van der Waals surface area contributed by atoms with E-state index in [0.29, 0.717) is 11.4 Å². The fourth-order valence-electron chi connectivity index (χ4n) is 4.89. The van der Waals surface area contributed by atoms with E-state index in [2.05, 4.69) is 25.4 Å². The van der Waals surface area contributed by atoms with Gasteiger partial charge in [0.25, 0.3) is 5.56 Å². The van der Waals surface area contributed by atoms with Gasteiger partial charge in [0.15, 0.2) is 21.5 Å². The first-order chi connectivity index (χ1) is 16.7. The summed E-state index contributed by atoms with van der Waals surface area (Å²) in [6, 6.07) is 12.1. The first kappa shape index (κ1) is 23.4. The van der Waals surface area contributed by atoms with Gasteiger partial charge in [0.1, 0.15) is 6.04 Å². The molecule has 10 heteroatoms. The average Bonchev–Trinajstić information content (AvgIpc) is 3.48. The molecule has 3 heterocycles. The van der Waals surface area contributed by atoms with Crippen molar-refractivity contribution in [3.8, 4) is 0 Å². The zero-order chi connectivity index (χ0) is 24.7. The van der Waals surface area contributed by atoms with Crippen LogP contribution in [0.2, 0.25) is 0 Å². The van der Waals surface area contributed by atoms with Gasteiger partial charge in [0, 0.05) is 5.56 Å². The number of nitrogens with one attached hydrogen (secondary N) is 1. The van der Waals surface area contributed by atoms with E-state index in [0.717, 1.165) is 53.5 Å². The number of fused-ring (bicyclic) bond motifs is 1. The number of tetrazole rings is 1. The summed E-state index contributed by atoms with van der Waals surface area (Å²) in [5, 5.41) is 13.0. The molecule has 0 bridgehead atoms. The predicted octanol–water partition coefficient (Wildman–Crippen LogP) is 3.06. The SMILES string of the molecule is Cc1ccc(S(=O)(=O)Cn2nnnc2C(c2cc3cc(C)cc(C)c3[nH]c2=O)N2CCCC2)cc1. The van der Waals surface area contributed by atoms with Crippen LogP contribution in [0.15, 0.2) is 52.2 Å². The summed E-state index contributed by atoms with van der Waals surface area (Å²) in [7, 11) is -3.70. The smallest absolute Gasteiger partial charge is 0.253 e. The maximum Gasteiger partial charge on any atom is 0.253 e. The summed E-state index contributed by atoms with van der Waals surface area (Å²) in [4.78, 5) is 18.7. The quantitative estimate of drug-likeness (QED) is 0.440. The molecule has 5 rings (SSSR count). The van der Waals surface area contributed by atoms with E-state index < -0.39 is 21.8 Å². The summed E-state index contributed by atoms with van der Waals surface area (Å²) >= 11 is 0. The highest BCUT2D eigenvalue weighted by Gasteiger charge is 2.33. The topological polar surface area (TPSA) is 114 Å². The lowest BCUT2D eigenvalue weighted by molar-refractivity contribution is 0.264. The molecule has 1 fully saturated rings. The van der Waals surface area contributed by atoms with E-state index in [-0.39, 0.29) is 10.5 Å². The first-order valence-corrected chi connectivity index (χ1v) is 13.3. The Morgan fingerprint density at radius 3 is 2.43 bits per heavy atom. The second kappa shape index (κ2) is 9.01. The molecule has 2 aromatic heterocycles. The summed E-state index contributed by atoms with van der Waals surface area (Å²) in [5.74, 6) is -0.0660. The van der Waals surface area contributed by atoms with Crippen LogP contribution in [-0.4, -0.2) is 51.6 Å². The van der Waals surface area contributed by atoms with Crippen LogP contribution < -0.4 is 5.56 Å². The highest BCUT2D eigenvalue weighted by Crippen LogP contribution is 2.31. The number of pyridine rings is 1. The lowest BCUT2D eigenvalue weighted by Crippen LogP contribution is -2.34. The van der Waals surface area contributed by atoms with Gasteiger partial charge in [-0.15, -0.1) is 5.10 Å². The molecule has 1 aliphatic rings. The van der Waals surface area contributed by atoms with E-state index in [1.54, 1.807) is 24.3 Å². The standard InChI is InChI=1S/C25H28N6O3S/c1-16-6-8-20(9-7-16)35(33,34)15-31-24(27-28-29-31)23(30-10-4-5-11-30)21-14-19-13-17(2)12-18(3)22(19)26-25(21)32/h6-9,12-14,23H,4-5,10-11,15H2,1-3H3,(H,26,32). The van der Waals surface area contributed by atoms with Gasteiger partial charge in [0.2, 0.25) is 0 Å². The molecule has 1 unspecified atom stereocenters. The third-order valence-corrected chi connectivity index (χ3v) is 8.17. The molecule has 182 valence electrons. The minimum Gasteiger partial charge on any atom is -0.321 e. The Morgan fingerprint density at radius 2 is 1.71 bits per heavy atom. The lowest BCUT2D eigenvalue weighted by atomic mass is 10.0. The van der Waals surface area contributed by atoms with E-state index in [1.165, 1.54) is 4.68 Å². The molecule has 9 nitrogen and oxygen atoms in total. The zero-order valence-corrected chi connectivity index (χ0v) is 20.8. The number of sulfone groups is 1. The van der Waals surface area contributed by atoms with Gasteiger partial charge >= 0.3 is 0 Å². The van der Waals surface area contributed by atoms with Gasteiger partial charge in [-0.1, -0.05) is 29.3 Å². The van der Waals surface area contributed by atoms with Crippen LogP contribution in [0.3, 0.4) is 0 Å². The van der Waals surface area contributed by atoms with E-state index in [1.807, 2.05) is 39.0 Å². The molecule has 0 amide bonds. The third-order valence-electron chi connectivity index (χ3n) is 6.60. The predicted molar refractivity (Wildman–Crippen MR) is 133 cm³/mol. The number of aromatic amines is 1. The highest BCUT2D eigenvalue weighted by molar-refractivity contribution is 7.90. The van der Waals surface area contributed by atoms with Crippen LogP contribution in [0, 0.1) is 20.8 Å². The Labute approximate surface area is 203 Å². The number of benzene rings is 2. The molecule has 4 aromatic rings. The Hall–Kier alpha value is -3.37. The van der Waals surface area contributed by atoms with E-state index in [4.69, 9.17) is 0 Å². The van der Waals surface area contributed by atoms with Gasteiger partial charge in [0.05, 0.1) is 10.4 Å². The van der Waals surface area contributed by atoms with Crippen LogP contribution in [0.5, 0.6) is 0 Å². The third kappa shape index (κ3) is 4.51. The van der Waals surface area contributed by atoms with Crippen LogP contribution >= 0.6 is 0 Å². The van der Waals surface area contributed by atoms with Crippen molar-refractivity contribution in [1.29, 1.82) is 0 Å². The fraction of sp³-hybridized carbons (Fsp3) is 0.360. The monoisotopic (exact) mass is 492 g/mol. The van der Waals surface area contributed by atoms with Gasteiger partial charge in [-0.2, -0.15) is 0 Å². The maximum absolute atomic E-state index is 13.3. The van der Waals surface area contributed by atoms with Crippen molar-refractivity contribution in [2.75, 3.05) is 13.1 Å². The van der Waals surface area contributed by atoms with Gasteiger partial charge < -0.3 is 4.98 Å². The fourth-order valence-corrected chi connectivity index (χ4v) is 6.09. The molecule has 1 atom stereocenters. The number of nitrogens with zero attached hydrogens (tertiary/aromatic N) is 5. The lowest BCUT2D eigenvalue weighted by Gasteiger charge is -2.26. The van der Waals surface area contributed by atoms with Crippen LogP contribution in [0.4, 0.5) is 0 Å². The minimum absolute atomic E-state index is 0.205. The van der Waals surface area contributed by atoms with Gasteiger partial charge in [-0.25, -0.2) is 13.1 Å². The van der Waals surface area contributed by atoms with Crippen molar-refractivity contribution < 1.29 is 8.42 Å². The van der Waals surface area contributed by atoms with Crippen molar-refractivity contribution in [3.05, 3.63) is 80.9 Å². The second-order valence-electron chi connectivity index (χ2n) is 9.34. The molecule has 0 aliphatic carbocycles. The summed E-state index contributed by atoms with van der Waals surface area (Å²) in [5.41, 5.74) is 4.15. The highest BCUT2D eigenvalue weighted by atomic mass is 32.2. The zero-order valence-electron chi connectivity index (χ0n) is 20.0.